The van der Waals surface area contributed by atoms with Crippen molar-refractivity contribution in [2.24, 2.45) is 0 Å². The van der Waals surface area contributed by atoms with Crippen molar-refractivity contribution in [2.75, 3.05) is 6.61 Å². The zero-order valence-corrected chi connectivity index (χ0v) is 9.97. The van der Waals surface area contributed by atoms with Gasteiger partial charge in [-0.05, 0) is 36.1 Å². The molecule has 0 spiro atoms. The van der Waals surface area contributed by atoms with E-state index in [1.165, 1.54) is 11.1 Å². The first-order valence-electron chi connectivity index (χ1n) is 5.43. The molecular formula is C13H19O3. The van der Waals surface area contributed by atoms with E-state index in [4.69, 9.17) is 14.9 Å². The largest absolute Gasteiger partial charge is 0.491 e. The van der Waals surface area contributed by atoms with Crippen molar-refractivity contribution in [1.29, 1.82) is 0 Å². The van der Waals surface area contributed by atoms with Gasteiger partial charge in [0.25, 0.3) is 0 Å². The molecule has 0 aliphatic rings. The minimum Gasteiger partial charge on any atom is -0.491 e. The smallest absolute Gasteiger partial charge is 0.119 e. The third-order valence-electron chi connectivity index (χ3n) is 2.46. The van der Waals surface area contributed by atoms with Crippen LogP contribution in [0, 0.1) is 13.5 Å². The molecule has 0 aliphatic carbocycles. The number of aliphatic hydroxyl groups excluding tert-OH is 2. The second-order valence-corrected chi connectivity index (χ2v) is 4.20. The van der Waals surface area contributed by atoms with Crippen LogP contribution >= 0.6 is 0 Å². The maximum atomic E-state index is 9.10. The van der Waals surface area contributed by atoms with Gasteiger partial charge in [0, 0.05) is 0 Å². The van der Waals surface area contributed by atoms with Crippen LogP contribution in [0.4, 0.5) is 0 Å². The second kappa shape index (κ2) is 5.87. The average Bonchev–Trinajstić information content (AvgIpc) is 2.25. The molecule has 3 nitrogen and oxygen atoms in total. The Hall–Kier alpha value is -1.06. The zero-order chi connectivity index (χ0) is 12.1. The third-order valence-corrected chi connectivity index (χ3v) is 2.46. The first kappa shape index (κ1) is 13.0. The molecule has 1 unspecified atom stereocenters. The van der Waals surface area contributed by atoms with Crippen LogP contribution in [-0.2, 0) is 0 Å². The van der Waals surface area contributed by atoms with E-state index in [1.54, 1.807) is 0 Å². The molecule has 1 radical (unpaired) electrons. The summed E-state index contributed by atoms with van der Waals surface area (Å²) in [6.07, 6.45) is -0.940. The molecule has 16 heavy (non-hydrogen) atoms. The lowest BCUT2D eigenvalue weighted by Gasteiger charge is -2.13. The van der Waals surface area contributed by atoms with E-state index in [1.807, 2.05) is 25.1 Å². The Morgan fingerprint density at radius 2 is 2.06 bits per heavy atom. The Balaban J connectivity index is 2.66. The number of hydrogen-bond acceptors (Lipinski definition) is 3. The van der Waals surface area contributed by atoms with Crippen molar-refractivity contribution in [2.45, 2.75) is 32.8 Å². The van der Waals surface area contributed by atoms with E-state index >= 15 is 0 Å². The van der Waals surface area contributed by atoms with Gasteiger partial charge in [0.05, 0.1) is 0 Å². The predicted octanol–water partition coefficient (Wildman–Crippen LogP) is 2.39. The van der Waals surface area contributed by atoms with Gasteiger partial charge in [-0.15, -0.1) is 0 Å². The van der Waals surface area contributed by atoms with E-state index in [9.17, 15) is 0 Å². The highest BCUT2D eigenvalue weighted by Crippen LogP contribution is 2.23. The van der Waals surface area contributed by atoms with Crippen LogP contribution in [0.5, 0.6) is 5.75 Å². The molecule has 89 valence electrons. The Morgan fingerprint density at radius 3 is 2.56 bits per heavy atom. The van der Waals surface area contributed by atoms with Crippen LogP contribution in [0.15, 0.2) is 18.2 Å². The number of aryl methyl sites for hydroxylation is 1. The monoisotopic (exact) mass is 223 g/mol. The summed E-state index contributed by atoms with van der Waals surface area (Å²) < 4.78 is 5.33. The fraction of sp³-hybridized carbons (Fsp3) is 0.462. The Labute approximate surface area is 96.7 Å². The summed E-state index contributed by atoms with van der Waals surface area (Å²) in [6, 6.07) is 5.86. The van der Waals surface area contributed by atoms with Crippen molar-refractivity contribution in [3.8, 4) is 5.75 Å². The standard InChI is InChI=1S/C13H19O3/c1-9(2)13-5-4-12(6-10(13)3)16-8-11(15)7-14/h4-7,9,11,14-15H,8H2,1-3H3. The molecule has 1 aromatic rings. The Morgan fingerprint density at radius 1 is 1.38 bits per heavy atom. The summed E-state index contributed by atoms with van der Waals surface area (Å²) in [5, 5.41) is 17.6. The number of benzene rings is 1. The van der Waals surface area contributed by atoms with Crippen molar-refractivity contribution >= 4 is 0 Å². The molecule has 0 aliphatic heterocycles. The summed E-state index contributed by atoms with van der Waals surface area (Å²) in [4.78, 5) is 0. The minimum absolute atomic E-state index is 0.0664. The molecule has 3 heteroatoms. The zero-order valence-electron chi connectivity index (χ0n) is 9.97. The Kier molecular flexibility index (Phi) is 4.77. The van der Waals surface area contributed by atoms with Crippen LogP contribution in [0.25, 0.3) is 0 Å². The van der Waals surface area contributed by atoms with Crippen LogP contribution in [0.1, 0.15) is 30.9 Å². The molecule has 0 saturated carbocycles. The topological polar surface area (TPSA) is 49.7 Å². The van der Waals surface area contributed by atoms with Crippen LogP contribution in [0.2, 0.25) is 0 Å². The van der Waals surface area contributed by atoms with Crippen molar-refractivity contribution in [3.63, 3.8) is 0 Å². The maximum Gasteiger partial charge on any atom is 0.119 e. The minimum atomic E-state index is -0.940. The molecule has 0 aromatic heterocycles. The average molecular weight is 223 g/mol. The van der Waals surface area contributed by atoms with E-state index in [0.717, 1.165) is 6.61 Å². The van der Waals surface area contributed by atoms with Crippen molar-refractivity contribution in [1.82, 2.24) is 0 Å². The highest BCUT2D eigenvalue weighted by molar-refractivity contribution is 5.36. The molecule has 2 N–H and O–H groups in total. The van der Waals surface area contributed by atoms with Gasteiger partial charge in [0.1, 0.15) is 25.1 Å². The molecule has 0 bridgehead atoms. The molecule has 0 fully saturated rings. The van der Waals surface area contributed by atoms with Gasteiger partial charge >= 0.3 is 0 Å². The summed E-state index contributed by atoms with van der Waals surface area (Å²) >= 11 is 0. The van der Waals surface area contributed by atoms with Gasteiger partial charge in [0.2, 0.25) is 0 Å². The highest BCUT2D eigenvalue weighted by atomic mass is 16.5. The molecule has 1 rings (SSSR count). The van der Waals surface area contributed by atoms with Crippen molar-refractivity contribution < 1.29 is 14.9 Å². The normalized spacial score (nSPS) is 12.9. The summed E-state index contributed by atoms with van der Waals surface area (Å²) in [5.74, 6) is 1.20. The number of aliphatic hydroxyl groups is 2. The summed E-state index contributed by atoms with van der Waals surface area (Å²) in [5.41, 5.74) is 2.47. The van der Waals surface area contributed by atoms with E-state index in [0.29, 0.717) is 11.7 Å². The molecule has 0 amide bonds. The first-order valence-corrected chi connectivity index (χ1v) is 5.43. The van der Waals surface area contributed by atoms with Crippen LogP contribution in [0.3, 0.4) is 0 Å². The molecule has 1 aromatic carbocycles. The second-order valence-electron chi connectivity index (χ2n) is 4.20. The predicted molar refractivity (Wildman–Crippen MR) is 63.0 cm³/mol. The van der Waals surface area contributed by atoms with Gasteiger partial charge in [-0.1, -0.05) is 19.9 Å². The lowest BCUT2D eigenvalue weighted by atomic mass is 9.98. The fourth-order valence-electron chi connectivity index (χ4n) is 1.61. The number of ether oxygens (including phenoxy) is 1. The molecule has 1 atom stereocenters. The molecule has 0 heterocycles. The lowest BCUT2D eigenvalue weighted by molar-refractivity contribution is 0.0914. The third kappa shape index (κ3) is 3.51. The number of hydrogen-bond donors (Lipinski definition) is 2. The number of rotatable bonds is 5. The van der Waals surface area contributed by atoms with E-state index in [2.05, 4.69) is 13.8 Å². The van der Waals surface area contributed by atoms with Gasteiger partial charge < -0.3 is 14.9 Å². The first-order chi connectivity index (χ1) is 7.54. The fourth-order valence-corrected chi connectivity index (χ4v) is 1.61. The van der Waals surface area contributed by atoms with Gasteiger partial charge in [-0.25, -0.2) is 0 Å². The highest BCUT2D eigenvalue weighted by Gasteiger charge is 2.07. The van der Waals surface area contributed by atoms with E-state index in [-0.39, 0.29) is 6.61 Å². The van der Waals surface area contributed by atoms with Gasteiger partial charge in [0.15, 0.2) is 0 Å². The summed E-state index contributed by atoms with van der Waals surface area (Å²) in [6.45, 7) is 7.11. The molecule has 0 saturated heterocycles. The lowest BCUT2D eigenvalue weighted by Crippen LogP contribution is -2.17. The van der Waals surface area contributed by atoms with E-state index < -0.39 is 6.10 Å². The maximum absolute atomic E-state index is 9.10. The Bertz CT molecular complexity index is 334. The summed E-state index contributed by atoms with van der Waals surface area (Å²) in [7, 11) is 0. The van der Waals surface area contributed by atoms with Gasteiger partial charge in [-0.2, -0.15) is 0 Å². The quantitative estimate of drug-likeness (QED) is 0.805. The van der Waals surface area contributed by atoms with Crippen LogP contribution in [-0.4, -0.2) is 22.9 Å². The van der Waals surface area contributed by atoms with Crippen LogP contribution < -0.4 is 4.74 Å². The molecular weight excluding hydrogens is 204 g/mol. The van der Waals surface area contributed by atoms with Gasteiger partial charge in [-0.3, -0.25) is 0 Å². The van der Waals surface area contributed by atoms with Crippen molar-refractivity contribution in [3.05, 3.63) is 35.9 Å². The SMILES string of the molecule is Cc1cc(OCC(O)[CH]O)ccc1C(C)C.